The first kappa shape index (κ1) is 19.6. The number of H-pyrrole nitrogens is 1. The monoisotopic (exact) mass is 423 g/mol. The number of ether oxygens (including phenoxy) is 2. The van der Waals surface area contributed by atoms with Crippen LogP contribution in [0, 0.1) is 6.92 Å². The minimum Gasteiger partial charge on any atom is -0.497 e. The second-order valence-corrected chi connectivity index (χ2v) is 7.32. The zero-order valence-electron chi connectivity index (χ0n) is 17.7. The number of nitrogens with one attached hydrogen (secondary N) is 2. The molecule has 2 heterocycles. The lowest BCUT2D eigenvalue weighted by Gasteiger charge is -2.10. The number of aromatic amines is 1. The fraction of sp³-hybridized carbons (Fsp3) is 0.0800. The van der Waals surface area contributed by atoms with Crippen LogP contribution in [0.25, 0.3) is 22.3 Å². The highest BCUT2D eigenvalue weighted by atomic mass is 16.5. The average Bonchev–Trinajstić information content (AvgIpc) is 3.28. The summed E-state index contributed by atoms with van der Waals surface area (Å²) in [4.78, 5) is 8.93. The van der Waals surface area contributed by atoms with Crippen molar-refractivity contribution in [2.75, 3.05) is 12.4 Å². The maximum absolute atomic E-state index is 6.12. The quantitative estimate of drug-likeness (QED) is 0.355. The average molecular weight is 423 g/mol. The van der Waals surface area contributed by atoms with E-state index in [0.717, 1.165) is 27.9 Å². The van der Waals surface area contributed by atoms with Crippen molar-refractivity contribution in [1.82, 2.24) is 20.2 Å². The molecule has 2 N–H and O–H groups in total. The molecule has 0 amide bonds. The summed E-state index contributed by atoms with van der Waals surface area (Å²) >= 11 is 0. The third-order valence-corrected chi connectivity index (χ3v) is 5.02. The Morgan fingerprint density at radius 1 is 0.906 bits per heavy atom. The number of hydrogen-bond acceptors (Lipinski definition) is 6. The first-order valence-electron chi connectivity index (χ1n) is 10.1. The number of pyridine rings is 1. The highest BCUT2D eigenvalue weighted by molar-refractivity contribution is 5.86. The Labute approximate surface area is 185 Å². The Bertz CT molecular complexity index is 1380. The van der Waals surface area contributed by atoms with E-state index in [1.165, 1.54) is 5.56 Å². The summed E-state index contributed by atoms with van der Waals surface area (Å²) < 4.78 is 11.5. The van der Waals surface area contributed by atoms with E-state index in [-0.39, 0.29) is 0 Å². The van der Waals surface area contributed by atoms with Crippen LogP contribution in [0.2, 0.25) is 0 Å². The van der Waals surface area contributed by atoms with Crippen molar-refractivity contribution in [2.45, 2.75) is 6.92 Å². The fourth-order valence-electron chi connectivity index (χ4n) is 3.42. The lowest BCUT2D eigenvalue weighted by atomic mass is 10.2. The van der Waals surface area contributed by atoms with E-state index in [2.05, 4.69) is 25.5 Å². The second kappa shape index (κ2) is 8.39. The predicted octanol–water partition coefficient (Wildman–Crippen LogP) is 5.87. The number of methoxy groups -OCH3 is 1. The van der Waals surface area contributed by atoms with Gasteiger partial charge in [-0.3, -0.25) is 10.1 Å². The Balaban J connectivity index is 1.34. The van der Waals surface area contributed by atoms with Gasteiger partial charge in [-0.2, -0.15) is 4.98 Å². The molecule has 32 heavy (non-hydrogen) atoms. The van der Waals surface area contributed by atoms with E-state index in [4.69, 9.17) is 9.47 Å². The van der Waals surface area contributed by atoms with Crippen molar-refractivity contribution in [3.05, 3.63) is 84.6 Å². The molecule has 7 heteroatoms. The van der Waals surface area contributed by atoms with Crippen LogP contribution in [0.4, 0.5) is 11.6 Å². The van der Waals surface area contributed by atoms with E-state index in [1.54, 1.807) is 13.3 Å². The van der Waals surface area contributed by atoms with Crippen LogP contribution in [0.15, 0.2) is 79.0 Å². The molecule has 0 unspecified atom stereocenters. The van der Waals surface area contributed by atoms with Gasteiger partial charge in [0.25, 0.3) is 0 Å². The van der Waals surface area contributed by atoms with Crippen LogP contribution < -0.4 is 14.8 Å². The lowest BCUT2D eigenvalue weighted by molar-refractivity contribution is 0.415. The predicted molar refractivity (Wildman–Crippen MR) is 125 cm³/mol. The third-order valence-electron chi connectivity index (χ3n) is 5.02. The molecule has 3 aromatic carbocycles. The molecule has 0 aliphatic rings. The van der Waals surface area contributed by atoms with Crippen molar-refractivity contribution in [1.29, 1.82) is 0 Å². The van der Waals surface area contributed by atoms with Gasteiger partial charge in [-0.1, -0.05) is 12.1 Å². The SMILES string of the molecule is COc1ccc2nccc(Oc3ccc(-c4nc(Nc5cccc(C)c5)n[nH]4)cc3)c2c1. The van der Waals surface area contributed by atoms with Gasteiger partial charge in [0.2, 0.25) is 5.95 Å². The van der Waals surface area contributed by atoms with Gasteiger partial charge in [-0.15, -0.1) is 5.10 Å². The summed E-state index contributed by atoms with van der Waals surface area (Å²) in [7, 11) is 1.64. The van der Waals surface area contributed by atoms with Crippen molar-refractivity contribution in [3.8, 4) is 28.6 Å². The van der Waals surface area contributed by atoms with Crippen molar-refractivity contribution >= 4 is 22.5 Å². The maximum Gasteiger partial charge on any atom is 0.246 e. The molecular weight excluding hydrogens is 402 g/mol. The van der Waals surface area contributed by atoms with Crippen LogP contribution in [-0.2, 0) is 0 Å². The summed E-state index contributed by atoms with van der Waals surface area (Å²) in [6.07, 6.45) is 1.73. The zero-order valence-corrected chi connectivity index (χ0v) is 17.7. The van der Waals surface area contributed by atoms with Crippen LogP contribution in [0.1, 0.15) is 5.56 Å². The van der Waals surface area contributed by atoms with E-state index < -0.39 is 0 Å². The van der Waals surface area contributed by atoms with Crippen LogP contribution >= 0.6 is 0 Å². The van der Waals surface area contributed by atoms with Gasteiger partial charge in [-0.25, -0.2) is 0 Å². The molecular formula is C25H21N5O2. The zero-order chi connectivity index (χ0) is 21.9. The molecule has 0 aliphatic carbocycles. The summed E-state index contributed by atoms with van der Waals surface area (Å²) in [5, 5.41) is 11.3. The van der Waals surface area contributed by atoms with E-state index >= 15 is 0 Å². The summed E-state index contributed by atoms with van der Waals surface area (Å²) in [6, 6.07) is 23.3. The lowest BCUT2D eigenvalue weighted by Crippen LogP contribution is -1.92. The normalized spacial score (nSPS) is 10.8. The highest BCUT2D eigenvalue weighted by Crippen LogP contribution is 2.32. The van der Waals surface area contributed by atoms with Gasteiger partial charge >= 0.3 is 0 Å². The Morgan fingerprint density at radius 3 is 2.56 bits per heavy atom. The van der Waals surface area contributed by atoms with Crippen molar-refractivity contribution in [2.24, 2.45) is 0 Å². The minimum absolute atomic E-state index is 0.517. The maximum atomic E-state index is 6.12. The molecule has 5 rings (SSSR count). The van der Waals surface area contributed by atoms with Gasteiger partial charge in [0, 0.05) is 22.8 Å². The van der Waals surface area contributed by atoms with Crippen LogP contribution in [0.3, 0.4) is 0 Å². The molecule has 0 radical (unpaired) electrons. The topological polar surface area (TPSA) is 84.9 Å². The van der Waals surface area contributed by atoms with Gasteiger partial charge in [0.15, 0.2) is 5.82 Å². The number of aromatic nitrogens is 4. The van der Waals surface area contributed by atoms with Crippen LogP contribution in [-0.4, -0.2) is 27.3 Å². The van der Waals surface area contributed by atoms with Crippen molar-refractivity contribution < 1.29 is 9.47 Å². The number of anilines is 2. The summed E-state index contributed by atoms with van der Waals surface area (Å²) in [5.41, 5.74) is 3.86. The van der Waals surface area contributed by atoms with E-state index in [9.17, 15) is 0 Å². The Kier molecular flexibility index (Phi) is 5.13. The largest absolute Gasteiger partial charge is 0.497 e. The summed E-state index contributed by atoms with van der Waals surface area (Å²) in [5.74, 6) is 3.37. The molecule has 158 valence electrons. The van der Waals surface area contributed by atoms with E-state index in [0.29, 0.717) is 23.3 Å². The van der Waals surface area contributed by atoms with Gasteiger partial charge < -0.3 is 14.8 Å². The fourth-order valence-corrected chi connectivity index (χ4v) is 3.42. The number of benzene rings is 3. The number of fused-ring (bicyclic) bond motifs is 1. The standard InChI is InChI=1S/C25H21N5O2/c1-16-4-3-5-18(14-16)27-25-28-24(29-30-25)17-6-8-19(9-7-17)32-23-12-13-26-22-11-10-20(31-2)15-21(22)23/h3-15H,1-2H3,(H2,27,28,29,30). The first-order chi connectivity index (χ1) is 15.7. The molecule has 0 atom stereocenters. The molecule has 0 aliphatic heterocycles. The second-order valence-electron chi connectivity index (χ2n) is 7.32. The van der Waals surface area contributed by atoms with Gasteiger partial charge in [-0.05, 0) is 73.2 Å². The molecule has 0 saturated heterocycles. The molecule has 0 spiro atoms. The van der Waals surface area contributed by atoms with Crippen LogP contribution in [0.5, 0.6) is 17.2 Å². The Morgan fingerprint density at radius 2 is 1.75 bits per heavy atom. The smallest absolute Gasteiger partial charge is 0.246 e. The van der Waals surface area contributed by atoms with Crippen molar-refractivity contribution in [3.63, 3.8) is 0 Å². The number of aryl methyl sites for hydroxylation is 1. The third kappa shape index (κ3) is 4.09. The molecule has 0 fully saturated rings. The number of rotatable bonds is 6. The molecule has 2 aromatic heterocycles. The molecule has 5 aromatic rings. The highest BCUT2D eigenvalue weighted by Gasteiger charge is 2.09. The van der Waals surface area contributed by atoms with Gasteiger partial charge in [0.1, 0.15) is 17.2 Å². The molecule has 0 bridgehead atoms. The molecule has 7 nitrogen and oxygen atoms in total. The van der Waals surface area contributed by atoms with Gasteiger partial charge in [0.05, 0.1) is 12.6 Å². The number of nitrogens with zero attached hydrogens (tertiary/aromatic N) is 3. The molecule has 0 saturated carbocycles. The minimum atomic E-state index is 0.517. The number of hydrogen-bond donors (Lipinski definition) is 2. The Hall–Kier alpha value is -4.39. The van der Waals surface area contributed by atoms with E-state index in [1.807, 2.05) is 79.7 Å². The summed E-state index contributed by atoms with van der Waals surface area (Å²) in [6.45, 7) is 2.05. The first-order valence-corrected chi connectivity index (χ1v) is 10.1.